The van der Waals surface area contributed by atoms with Crippen LogP contribution in [0.25, 0.3) is 0 Å². The molecular formula is C42H67N11O19. The first-order valence-corrected chi connectivity index (χ1v) is 22.9. The van der Waals surface area contributed by atoms with Gasteiger partial charge in [-0.15, -0.1) is 0 Å². The van der Waals surface area contributed by atoms with Crippen molar-refractivity contribution in [1.82, 2.24) is 47.9 Å². The van der Waals surface area contributed by atoms with Crippen LogP contribution in [0.3, 0.4) is 0 Å². The van der Waals surface area contributed by atoms with E-state index in [2.05, 4.69) is 47.9 Å². The number of aliphatic hydroxyl groups excluding tert-OH is 1. The van der Waals surface area contributed by atoms with Crippen molar-refractivity contribution < 1.29 is 92.7 Å². The standard InChI is InChI=1S/C42H67N11O19/c1-19(2)16-26-40(70)52-27(17-33(63)64)41(71)50-24(9-13-31(59)60)38(68)49-25(10-14-32(61)62)39(69)53-34(20(3)54)42(72)46-18-29(56)47-23(8-12-30(57)58)37(67)48-22(7-11-28(44)55)36(66)45-15-5-4-6-21(43)35(65)51-26/h19-27,34,54H,4-18,43H2,1-3H3,(H2,44,55)(H,45,66)(H,46,72)(H,47,56)(H,48,67)(H,49,68)(H,50,71)(H,51,65)(H,52,70)(H,53,69)(H,57,58)(H,59,60)(H,61,62)(H,63,64)/t20-,21+,22+,23+,24+,25+,26+,27+,34+/m1/s1. The molecule has 0 spiro atoms. The zero-order valence-electron chi connectivity index (χ0n) is 40.0. The number of rotatable bonds is 17. The van der Waals surface area contributed by atoms with Crippen LogP contribution in [0.4, 0.5) is 0 Å². The maximum absolute atomic E-state index is 13.7. The predicted molar refractivity (Wildman–Crippen MR) is 244 cm³/mol. The lowest BCUT2D eigenvalue weighted by atomic mass is 10.0. The van der Waals surface area contributed by atoms with Gasteiger partial charge in [-0.2, -0.15) is 0 Å². The third-order valence-corrected chi connectivity index (χ3v) is 10.6. The second-order valence-corrected chi connectivity index (χ2v) is 17.3. The van der Waals surface area contributed by atoms with Gasteiger partial charge in [0.05, 0.1) is 25.1 Å². The Bertz CT molecular complexity index is 2000. The van der Waals surface area contributed by atoms with Crippen molar-refractivity contribution in [3.05, 3.63) is 0 Å². The summed E-state index contributed by atoms with van der Waals surface area (Å²) in [7, 11) is 0. The Balaban J connectivity index is 3.80. The molecule has 0 unspecified atom stereocenters. The van der Waals surface area contributed by atoms with Gasteiger partial charge in [-0.3, -0.25) is 67.1 Å². The van der Waals surface area contributed by atoms with Crippen LogP contribution in [-0.2, 0) is 67.1 Å². The summed E-state index contributed by atoms with van der Waals surface area (Å²) in [4.78, 5) is 179. The minimum Gasteiger partial charge on any atom is -0.481 e. The van der Waals surface area contributed by atoms with Crippen LogP contribution in [0.2, 0.25) is 0 Å². The van der Waals surface area contributed by atoms with E-state index in [9.17, 15) is 92.7 Å². The number of nitrogens with one attached hydrogen (secondary N) is 9. The molecule has 404 valence electrons. The molecular weight excluding hydrogens is 963 g/mol. The lowest BCUT2D eigenvalue weighted by Crippen LogP contribution is -2.61. The summed E-state index contributed by atoms with van der Waals surface area (Å²) in [5.41, 5.74) is 11.4. The van der Waals surface area contributed by atoms with E-state index >= 15 is 0 Å². The third kappa shape index (κ3) is 24.9. The second kappa shape index (κ2) is 31.7. The highest BCUT2D eigenvalue weighted by atomic mass is 16.4. The first kappa shape index (κ1) is 62.5. The van der Waals surface area contributed by atoms with Crippen molar-refractivity contribution in [2.45, 2.75) is 159 Å². The van der Waals surface area contributed by atoms with Crippen molar-refractivity contribution in [3.63, 3.8) is 0 Å². The van der Waals surface area contributed by atoms with E-state index in [0.29, 0.717) is 0 Å². The molecule has 30 heteroatoms. The molecule has 0 radical (unpaired) electrons. The molecule has 9 atom stereocenters. The van der Waals surface area contributed by atoms with Gasteiger partial charge in [0, 0.05) is 32.2 Å². The number of amides is 10. The van der Waals surface area contributed by atoms with Gasteiger partial charge in [-0.05, 0) is 64.2 Å². The highest BCUT2D eigenvalue weighted by Gasteiger charge is 2.36. The quantitative estimate of drug-likeness (QED) is 0.0645. The number of aliphatic carboxylic acids is 4. The number of hydrogen-bond acceptors (Lipinski definition) is 16. The molecule has 30 nitrogen and oxygen atoms in total. The molecule has 0 aromatic carbocycles. The third-order valence-electron chi connectivity index (χ3n) is 10.6. The second-order valence-electron chi connectivity index (χ2n) is 17.3. The monoisotopic (exact) mass is 1030 g/mol. The zero-order chi connectivity index (χ0) is 54.8. The van der Waals surface area contributed by atoms with Crippen molar-refractivity contribution in [2.75, 3.05) is 13.1 Å². The van der Waals surface area contributed by atoms with Gasteiger partial charge in [0.15, 0.2) is 0 Å². The first-order valence-electron chi connectivity index (χ1n) is 22.9. The molecule has 0 aromatic heterocycles. The summed E-state index contributed by atoms with van der Waals surface area (Å²) >= 11 is 0. The van der Waals surface area contributed by atoms with Crippen LogP contribution in [0.1, 0.15) is 104 Å². The maximum atomic E-state index is 13.7. The summed E-state index contributed by atoms with van der Waals surface area (Å²) in [6.07, 6.45) is -7.71. The molecule has 1 heterocycles. The predicted octanol–water partition coefficient (Wildman–Crippen LogP) is -6.11. The summed E-state index contributed by atoms with van der Waals surface area (Å²) in [5.74, 6) is -17.4. The molecule has 1 aliphatic heterocycles. The number of nitrogens with two attached hydrogens (primary N) is 2. The molecule has 72 heavy (non-hydrogen) atoms. The number of hydrogen-bond donors (Lipinski definition) is 16. The first-order chi connectivity index (χ1) is 33.6. The topological polar surface area (TPSA) is 500 Å². The van der Waals surface area contributed by atoms with Crippen LogP contribution in [0.15, 0.2) is 0 Å². The molecule has 1 fully saturated rings. The maximum Gasteiger partial charge on any atom is 0.305 e. The Labute approximate surface area is 412 Å². The fraction of sp³-hybridized carbons (Fsp3) is 0.667. The fourth-order valence-electron chi connectivity index (χ4n) is 6.76. The SMILES string of the molecule is CC(C)C[C@@H]1NC(=O)[C@@H](N)CCCCNC(=O)[C@H](CCC(N)=O)NC(=O)[C@H](CCC(=O)O)NC(=O)CNC(=O)[C@H]([C@@H](C)O)NC(=O)[C@H](CCC(=O)O)NC(=O)[C@H](CCC(=O)O)NC(=O)[C@H](CC(=O)O)NC1=O. The van der Waals surface area contributed by atoms with Gasteiger partial charge in [0.1, 0.15) is 42.3 Å². The number of aliphatic hydroxyl groups is 1. The number of carbonyl (C=O) groups is 14. The molecule has 1 rings (SSSR count). The van der Waals surface area contributed by atoms with E-state index in [1.165, 1.54) is 0 Å². The van der Waals surface area contributed by atoms with Crippen LogP contribution < -0.4 is 59.3 Å². The number of carboxylic acids is 4. The molecule has 1 aliphatic rings. The molecule has 1 saturated heterocycles. The number of carbonyl (C=O) groups excluding carboxylic acids is 10. The summed E-state index contributed by atoms with van der Waals surface area (Å²) < 4.78 is 0. The minimum atomic E-state index is -1.98. The van der Waals surface area contributed by atoms with Crippen molar-refractivity contribution in [1.29, 1.82) is 0 Å². The van der Waals surface area contributed by atoms with E-state index < -0.39 is 195 Å². The van der Waals surface area contributed by atoms with Gasteiger partial charge in [-0.25, -0.2) is 0 Å². The van der Waals surface area contributed by atoms with Crippen molar-refractivity contribution in [2.24, 2.45) is 17.4 Å². The van der Waals surface area contributed by atoms with Crippen LogP contribution in [0, 0.1) is 5.92 Å². The molecule has 18 N–H and O–H groups in total. The van der Waals surface area contributed by atoms with Gasteiger partial charge >= 0.3 is 23.9 Å². The van der Waals surface area contributed by atoms with E-state index in [0.717, 1.165) is 6.92 Å². The smallest absolute Gasteiger partial charge is 0.305 e. The average Bonchev–Trinajstić information content (AvgIpc) is 3.27. The number of carboxylic acid groups (broad SMARTS) is 4. The Morgan fingerprint density at radius 1 is 0.514 bits per heavy atom. The Morgan fingerprint density at radius 2 is 0.931 bits per heavy atom. The van der Waals surface area contributed by atoms with Crippen LogP contribution >= 0.6 is 0 Å². The van der Waals surface area contributed by atoms with Crippen molar-refractivity contribution >= 4 is 82.9 Å². The Hall–Kier alpha value is -7.50. The Morgan fingerprint density at radius 3 is 1.39 bits per heavy atom. The average molecular weight is 1030 g/mol. The van der Waals surface area contributed by atoms with E-state index in [1.807, 2.05) is 0 Å². The lowest BCUT2D eigenvalue weighted by molar-refractivity contribution is -0.142. The minimum absolute atomic E-state index is 0.0205. The molecule has 0 aromatic rings. The highest BCUT2D eigenvalue weighted by molar-refractivity contribution is 5.99. The van der Waals surface area contributed by atoms with E-state index in [4.69, 9.17) is 11.5 Å². The summed E-state index contributed by atoms with van der Waals surface area (Å²) in [5, 5.41) is 68.5. The number of primary amides is 1. The highest BCUT2D eigenvalue weighted by Crippen LogP contribution is 2.11. The van der Waals surface area contributed by atoms with Gasteiger partial charge in [0.2, 0.25) is 59.1 Å². The van der Waals surface area contributed by atoms with E-state index in [1.54, 1.807) is 13.8 Å². The molecule has 0 saturated carbocycles. The molecule has 0 bridgehead atoms. The molecule has 10 amide bonds. The summed E-state index contributed by atoms with van der Waals surface area (Å²) in [6, 6.07) is -13.6. The van der Waals surface area contributed by atoms with Crippen LogP contribution in [-0.4, -0.2) is 176 Å². The molecule has 0 aliphatic carbocycles. The van der Waals surface area contributed by atoms with Gasteiger partial charge in [-0.1, -0.05) is 13.8 Å². The zero-order valence-corrected chi connectivity index (χ0v) is 40.0. The summed E-state index contributed by atoms with van der Waals surface area (Å²) in [6.45, 7) is 3.30. The van der Waals surface area contributed by atoms with Gasteiger partial charge in [0.25, 0.3) is 0 Å². The normalized spacial score (nSPS) is 24.9. The van der Waals surface area contributed by atoms with Crippen LogP contribution in [0.5, 0.6) is 0 Å². The van der Waals surface area contributed by atoms with E-state index in [-0.39, 0.29) is 44.6 Å². The van der Waals surface area contributed by atoms with Crippen molar-refractivity contribution in [3.8, 4) is 0 Å². The van der Waals surface area contributed by atoms with Gasteiger partial charge < -0.3 is 84.9 Å². The lowest BCUT2D eigenvalue weighted by Gasteiger charge is -2.27. The largest absolute Gasteiger partial charge is 0.481 e. The fourth-order valence-corrected chi connectivity index (χ4v) is 6.76. The Kier molecular flexibility index (Phi) is 27.5.